The van der Waals surface area contributed by atoms with Gasteiger partial charge in [-0.15, -0.1) is 0 Å². The van der Waals surface area contributed by atoms with E-state index in [1.54, 1.807) is 0 Å². The third-order valence-corrected chi connectivity index (χ3v) is 5.05. The molecule has 25 heavy (non-hydrogen) atoms. The van der Waals surface area contributed by atoms with Gasteiger partial charge in [0.1, 0.15) is 0 Å². The van der Waals surface area contributed by atoms with Gasteiger partial charge in [-0.1, -0.05) is 18.2 Å². The summed E-state index contributed by atoms with van der Waals surface area (Å²) in [5.74, 6) is 0.137. The molecule has 0 radical (unpaired) electrons. The smallest absolute Gasteiger partial charge is 0.234 e. The molecule has 6 nitrogen and oxygen atoms in total. The summed E-state index contributed by atoms with van der Waals surface area (Å²) in [6.45, 7) is 11.7. The highest BCUT2D eigenvalue weighted by Crippen LogP contribution is 2.20. The van der Waals surface area contributed by atoms with Gasteiger partial charge in [0.2, 0.25) is 5.91 Å². The van der Waals surface area contributed by atoms with Crippen molar-refractivity contribution < 1.29 is 9.53 Å². The van der Waals surface area contributed by atoms with Crippen LogP contribution < -0.4 is 10.2 Å². The summed E-state index contributed by atoms with van der Waals surface area (Å²) in [4.78, 5) is 19.2. The first-order valence-corrected chi connectivity index (χ1v) is 9.32. The molecular weight excluding hydrogens is 316 g/mol. The molecule has 1 aromatic carbocycles. The largest absolute Gasteiger partial charge is 0.379 e. The van der Waals surface area contributed by atoms with E-state index in [9.17, 15) is 4.79 Å². The number of ether oxygens (including phenoxy) is 1. The van der Waals surface area contributed by atoms with Crippen molar-refractivity contribution in [2.45, 2.75) is 6.92 Å². The van der Waals surface area contributed by atoms with Crippen LogP contribution in [0.15, 0.2) is 24.3 Å². The van der Waals surface area contributed by atoms with E-state index in [0.29, 0.717) is 6.54 Å². The summed E-state index contributed by atoms with van der Waals surface area (Å²) >= 11 is 0. The molecule has 3 rings (SSSR count). The summed E-state index contributed by atoms with van der Waals surface area (Å²) in [5.41, 5.74) is 2.63. The van der Waals surface area contributed by atoms with Crippen molar-refractivity contribution in [2.75, 3.05) is 77.0 Å². The molecule has 1 N–H and O–H groups in total. The van der Waals surface area contributed by atoms with Crippen molar-refractivity contribution >= 4 is 11.6 Å². The molecule has 1 aromatic rings. The van der Waals surface area contributed by atoms with E-state index in [4.69, 9.17) is 4.74 Å². The lowest BCUT2D eigenvalue weighted by Gasteiger charge is -2.36. The van der Waals surface area contributed by atoms with Crippen LogP contribution in [0.4, 0.5) is 5.69 Å². The van der Waals surface area contributed by atoms with Gasteiger partial charge in [-0.25, -0.2) is 0 Å². The lowest BCUT2D eigenvalue weighted by atomic mass is 10.1. The number of carbonyl (C=O) groups excluding carboxylic acids is 1. The molecule has 2 fully saturated rings. The zero-order valence-electron chi connectivity index (χ0n) is 15.2. The zero-order valence-corrected chi connectivity index (χ0v) is 15.2. The number of nitrogens with one attached hydrogen (secondary N) is 1. The van der Waals surface area contributed by atoms with E-state index < -0.39 is 0 Å². The van der Waals surface area contributed by atoms with Crippen molar-refractivity contribution in [3.8, 4) is 0 Å². The number of hydrogen-bond acceptors (Lipinski definition) is 5. The predicted octanol–water partition coefficient (Wildman–Crippen LogP) is 0.565. The van der Waals surface area contributed by atoms with E-state index in [0.717, 1.165) is 65.6 Å². The molecule has 0 saturated carbocycles. The van der Waals surface area contributed by atoms with Crippen molar-refractivity contribution in [1.82, 2.24) is 15.1 Å². The predicted molar refractivity (Wildman–Crippen MR) is 100 cm³/mol. The number of hydrogen-bond donors (Lipinski definition) is 1. The Kier molecular flexibility index (Phi) is 6.67. The second-order valence-electron chi connectivity index (χ2n) is 6.85. The third-order valence-electron chi connectivity index (χ3n) is 5.05. The van der Waals surface area contributed by atoms with Gasteiger partial charge in [-0.05, 0) is 18.6 Å². The Morgan fingerprint density at radius 1 is 1.04 bits per heavy atom. The zero-order chi connectivity index (χ0) is 17.5. The molecule has 1 amide bonds. The van der Waals surface area contributed by atoms with Crippen LogP contribution in [-0.4, -0.2) is 87.8 Å². The number of para-hydroxylation sites is 1. The summed E-state index contributed by atoms with van der Waals surface area (Å²) in [6.07, 6.45) is 0. The van der Waals surface area contributed by atoms with Gasteiger partial charge in [0, 0.05) is 58.0 Å². The van der Waals surface area contributed by atoms with Gasteiger partial charge in [0.05, 0.1) is 19.8 Å². The van der Waals surface area contributed by atoms with Crippen molar-refractivity contribution in [1.29, 1.82) is 0 Å². The van der Waals surface area contributed by atoms with E-state index in [-0.39, 0.29) is 5.91 Å². The van der Waals surface area contributed by atoms with Crippen LogP contribution in [0.3, 0.4) is 0 Å². The second-order valence-corrected chi connectivity index (χ2v) is 6.85. The maximum absolute atomic E-state index is 12.1. The first-order valence-electron chi connectivity index (χ1n) is 9.32. The van der Waals surface area contributed by atoms with Gasteiger partial charge in [0.15, 0.2) is 0 Å². The average molecular weight is 346 g/mol. The van der Waals surface area contributed by atoms with E-state index in [1.165, 1.54) is 11.3 Å². The Morgan fingerprint density at radius 2 is 1.76 bits per heavy atom. The molecule has 0 unspecified atom stereocenters. The number of amides is 1. The highest BCUT2D eigenvalue weighted by atomic mass is 16.5. The first-order chi connectivity index (χ1) is 12.2. The fourth-order valence-corrected chi connectivity index (χ4v) is 3.50. The van der Waals surface area contributed by atoms with Crippen molar-refractivity contribution in [3.05, 3.63) is 29.8 Å². The fourth-order valence-electron chi connectivity index (χ4n) is 3.50. The monoisotopic (exact) mass is 346 g/mol. The van der Waals surface area contributed by atoms with Gasteiger partial charge in [0.25, 0.3) is 0 Å². The highest BCUT2D eigenvalue weighted by molar-refractivity contribution is 5.78. The minimum absolute atomic E-state index is 0.137. The number of benzene rings is 1. The molecule has 6 heteroatoms. The minimum Gasteiger partial charge on any atom is -0.379 e. The Labute approximate surface area is 150 Å². The SMILES string of the molecule is Cc1ccccc1N1CCN(CC(=O)NCCN2CCOCC2)CC1. The summed E-state index contributed by atoms with van der Waals surface area (Å²) in [7, 11) is 0. The number of rotatable bonds is 6. The first kappa shape index (κ1) is 18.2. The molecule has 2 heterocycles. The molecular formula is C19H30N4O2. The van der Waals surface area contributed by atoms with Gasteiger partial charge in [-0.2, -0.15) is 0 Å². The lowest BCUT2D eigenvalue weighted by molar-refractivity contribution is -0.122. The minimum atomic E-state index is 0.137. The Bertz CT molecular complexity index is 552. The van der Waals surface area contributed by atoms with E-state index >= 15 is 0 Å². The summed E-state index contributed by atoms with van der Waals surface area (Å²) in [5, 5.41) is 3.05. The van der Waals surface area contributed by atoms with Crippen LogP contribution in [0.25, 0.3) is 0 Å². The topological polar surface area (TPSA) is 48.0 Å². The number of anilines is 1. The van der Waals surface area contributed by atoms with E-state index in [1.807, 2.05) is 0 Å². The standard InChI is InChI=1S/C19H30N4O2/c1-17-4-2-3-5-18(17)23-10-8-22(9-11-23)16-19(24)20-6-7-21-12-14-25-15-13-21/h2-5H,6-16H2,1H3,(H,20,24). The second kappa shape index (κ2) is 9.17. The number of morpholine rings is 1. The van der Waals surface area contributed by atoms with Gasteiger partial charge < -0.3 is 15.0 Å². The van der Waals surface area contributed by atoms with Crippen LogP contribution in [0.5, 0.6) is 0 Å². The van der Waals surface area contributed by atoms with Crippen LogP contribution in [-0.2, 0) is 9.53 Å². The van der Waals surface area contributed by atoms with Gasteiger partial charge in [-0.3, -0.25) is 14.6 Å². The number of aryl methyl sites for hydroxylation is 1. The molecule has 2 aliphatic rings. The highest BCUT2D eigenvalue weighted by Gasteiger charge is 2.20. The summed E-state index contributed by atoms with van der Waals surface area (Å²) in [6, 6.07) is 8.51. The van der Waals surface area contributed by atoms with Crippen molar-refractivity contribution in [3.63, 3.8) is 0 Å². The number of carbonyl (C=O) groups is 1. The molecule has 0 atom stereocenters. The van der Waals surface area contributed by atoms with Crippen molar-refractivity contribution in [2.24, 2.45) is 0 Å². The normalized spacial score (nSPS) is 19.8. The maximum Gasteiger partial charge on any atom is 0.234 e. The van der Waals surface area contributed by atoms with Crippen LogP contribution in [0, 0.1) is 6.92 Å². The number of nitrogens with zero attached hydrogens (tertiary/aromatic N) is 3. The maximum atomic E-state index is 12.1. The quantitative estimate of drug-likeness (QED) is 0.816. The molecule has 0 bridgehead atoms. The van der Waals surface area contributed by atoms with E-state index in [2.05, 4.69) is 51.2 Å². The van der Waals surface area contributed by atoms with Crippen LogP contribution in [0.2, 0.25) is 0 Å². The lowest BCUT2D eigenvalue weighted by Crippen LogP contribution is -2.50. The third kappa shape index (κ3) is 5.42. The summed E-state index contributed by atoms with van der Waals surface area (Å²) < 4.78 is 5.34. The number of piperazine rings is 1. The molecule has 0 aliphatic carbocycles. The fraction of sp³-hybridized carbons (Fsp3) is 0.632. The molecule has 138 valence electrons. The van der Waals surface area contributed by atoms with Crippen LogP contribution in [0.1, 0.15) is 5.56 Å². The Balaban J connectivity index is 1.34. The Hall–Kier alpha value is -1.63. The van der Waals surface area contributed by atoms with Gasteiger partial charge >= 0.3 is 0 Å². The molecule has 2 saturated heterocycles. The average Bonchev–Trinajstić information content (AvgIpc) is 2.64. The Morgan fingerprint density at radius 3 is 2.48 bits per heavy atom. The molecule has 0 aromatic heterocycles. The molecule has 0 spiro atoms. The van der Waals surface area contributed by atoms with Crippen LogP contribution >= 0.6 is 0 Å². The molecule has 2 aliphatic heterocycles.